The standard InChI is InChI=1S/C22H21FN4O5/c1-3-12-32-18-10-4-14(13-19(18)31-2)21(29)24-25-22(30)17-9-11-20(28)27(26-17)16-7-5-15(23)6-8-16/h4-11,13H,3,12H2,1-2H3,(H,24,29)(H,25,30). The van der Waals surface area contributed by atoms with Crippen molar-refractivity contribution in [1.29, 1.82) is 0 Å². The van der Waals surface area contributed by atoms with Gasteiger partial charge in [0, 0.05) is 11.6 Å². The second-order valence-electron chi connectivity index (χ2n) is 6.57. The number of methoxy groups -OCH3 is 1. The van der Waals surface area contributed by atoms with E-state index >= 15 is 0 Å². The van der Waals surface area contributed by atoms with Crippen LogP contribution in [0.15, 0.2) is 59.4 Å². The molecule has 0 atom stereocenters. The number of rotatable bonds is 7. The zero-order chi connectivity index (χ0) is 23.1. The van der Waals surface area contributed by atoms with Crippen LogP contribution in [0, 0.1) is 5.82 Å². The van der Waals surface area contributed by atoms with Crippen LogP contribution < -0.4 is 25.9 Å². The third-order valence-electron chi connectivity index (χ3n) is 4.28. The second-order valence-corrected chi connectivity index (χ2v) is 6.57. The van der Waals surface area contributed by atoms with E-state index in [1.54, 1.807) is 6.07 Å². The molecule has 0 fully saturated rings. The van der Waals surface area contributed by atoms with Crippen LogP contribution in [0.3, 0.4) is 0 Å². The average Bonchev–Trinajstić information content (AvgIpc) is 2.81. The van der Waals surface area contributed by atoms with Crippen LogP contribution in [0.4, 0.5) is 4.39 Å². The van der Waals surface area contributed by atoms with Crippen molar-refractivity contribution in [2.75, 3.05) is 13.7 Å². The molecular formula is C22H21FN4O5. The molecule has 10 heteroatoms. The molecule has 0 aliphatic rings. The number of amides is 2. The van der Waals surface area contributed by atoms with Gasteiger partial charge in [-0.15, -0.1) is 0 Å². The Bertz CT molecular complexity index is 1180. The second kappa shape index (κ2) is 10.2. The lowest BCUT2D eigenvalue weighted by Gasteiger charge is -2.12. The van der Waals surface area contributed by atoms with Gasteiger partial charge in [-0.3, -0.25) is 25.2 Å². The van der Waals surface area contributed by atoms with Gasteiger partial charge in [-0.2, -0.15) is 9.78 Å². The van der Waals surface area contributed by atoms with E-state index in [4.69, 9.17) is 9.47 Å². The predicted molar refractivity (Wildman–Crippen MR) is 114 cm³/mol. The molecule has 3 aromatic rings. The normalized spacial score (nSPS) is 10.3. The number of nitrogens with zero attached hydrogens (tertiary/aromatic N) is 2. The molecule has 2 amide bonds. The summed E-state index contributed by atoms with van der Waals surface area (Å²) >= 11 is 0. The maximum atomic E-state index is 13.1. The van der Waals surface area contributed by atoms with Crippen molar-refractivity contribution in [2.24, 2.45) is 0 Å². The molecule has 0 bridgehead atoms. The average molecular weight is 440 g/mol. The molecule has 1 heterocycles. The third kappa shape index (κ3) is 5.28. The fraction of sp³-hybridized carbons (Fsp3) is 0.182. The summed E-state index contributed by atoms with van der Waals surface area (Å²) in [5.41, 5.74) is 4.41. The number of aromatic nitrogens is 2. The lowest BCUT2D eigenvalue weighted by Crippen LogP contribution is -2.42. The quantitative estimate of drug-likeness (QED) is 0.545. The van der Waals surface area contributed by atoms with Gasteiger partial charge in [-0.1, -0.05) is 6.92 Å². The minimum absolute atomic E-state index is 0.130. The number of ether oxygens (including phenoxy) is 2. The Balaban J connectivity index is 1.70. The molecule has 0 spiro atoms. The summed E-state index contributed by atoms with van der Waals surface area (Å²) in [6, 6.07) is 12.0. The van der Waals surface area contributed by atoms with Gasteiger partial charge in [0.1, 0.15) is 5.82 Å². The fourth-order valence-corrected chi connectivity index (χ4v) is 2.69. The fourth-order valence-electron chi connectivity index (χ4n) is 2.69. The monoisotopic (exact) mass is 440 g/mol. The zero-order valence-electron chi connectivity index (χ0n) is 17.4. The first-order chi connectivity index (χ1) is 15.4. The van der Waals surface area contributed by atoms with E-state index in [-0.39, 0.29) is 16.9 Å². The van der Waals surface area contributed by atoms with E-state index in [2.05, 4.69) is 16.0 Å². The summed E-state index contributed by atoms with van der Waals surface area (Å²) in [4.78, 5) is 36.9. The summed E-state index contributed by atoms with van der Waals surface area (Å²) in [6.45, 7) is 2.47. The summed E-state index contributed by atoms with van der Waals surface area (Å²) in [5, 5.41) is 3.97. The highest BCUT2D eigenvalue weighted by Gasteiger charge is 2.15. The summed E-state index contributed by atoms with van der Waals surface area (Å²) in [7, 11) is 1.46. The van der Waals surface area contributed by atoms with Crippen molar-refractivity contribution in [3.8, 4) is 17.2 Å². The van der Waals surface area contributed by atoms with Crippen LogP contribution in [0.1, 0.15) is 34.2 Å². The van der Waals surface area contributed by atoms with E-state index < -0.39 is 23.2 Å². The number of carbonyl (C=O) groups is 2. The van der Waals surface area contributed by atoms with E-state index in [9.17, 15) is 18.8 Å². The van der Waals surface area contributed by atoms with Crippen LogP contribution in [0.25, 0.3) is 5.69 Å². The molecule has 9 nitrogen and oxygen atoms in total. The molecule has 0 aliphatic carbocycles. The molecule has 0 saturated heterocycles. The Morgan fingerprint density at radius 1 is 1.00 bits per heavy atom. The van der Waals surface area contributed by atoms with Crippen LogP contribution in [0.2, 0.25) is 0 Å². The van der Waals surface area contributed by atoms with Crippen molar-refractivity contribution in [3.63, 3.8) is 0 Å². The number of hydrogen-bond donors (Lipinski definition) is 2. The molecule has 2 N–H and O–H groups in total. The van der Waals surface area contributed by atoms with Gasteiger partial charge in [0.05, 0.1) is 19.4 Å². The molecule has 0 unspecified atom stereocenters. The Morgan fingerprint density at radius 2 is 1.72 bits per heavy atom. The molecule has 0 radical (unpaired) electrons. The van der Waals surface area contributed by atoms with Crippen molar-refractivity contribution in [3.05, 3.63) is 82.0 Å². The molecule has 3 rings (SSSR count). The van der Waals surface area contributed by atoms with Gasteiger partial charge < -0.3 is 9.47 Å². The van der Waals surface area contributed by atoms with E-state index in [0.717, 1.165) is 17.2 Å². The lowest BCUT2D eigenvalue weighted by molar-refractivity contribution is 0.0842. The topological polar surface area (TPSA) is 112 Å². The lowest BCUT2D eigenvalue weighted by atomic mass is 10.2. The van der Waals surface area contributed by atoms with Crippen molar-refractivity contribution in [2.45, 2.75) is 13.3 Å². The van der Waals surface area contributed by atoms with Crippen LogP contribution in [-0.2, 0) is 0 Å². The predicted octanol–water partition coefficient (Wildman–Crippen LogP) is 2.24. The summed E-state index contributed by atoms with van der Waals surface area (Å²) in [6.07, 6.45) is 0.819. The molecular weight excluding hydrogens is 419 g/mol. The van der Waals surface area contributed by atoms with Gasteiger partial charge in [-0.25, -0.2) is 4.39 Å². The molecule has 0 aliphatic heterocycles. The smallest absolute Gasteiger partial charge is 0.290 e. The number of nitrogens with one attached hydrogen (secondary N) is 2. The number of halogens is 1. The van der Waals surface area contributed by atoms with Gasteiger partial charge in [0.25, 0.3) is 17.4 Å². The van der Waals surface area contributed by atoms with E-state index in [0.29, 0.717) is 18.1 Å². The van der Waals surface area contributed by atoms with Crippen LogP contribution in [0.5, 0.6) is 11.5 Å². The summed E-state index contributed by atoms with van der Waals surface area (Å²) in [5.74, 6) is -0.928. The Kier molecular flexibility index (Phi) is 7.17. The highest BCUT2D eigenvalue weighted by molar-refractivity contribution is 5.98. The number of hydrazine groups is 1. The molecule has 32 heavy (non-hydrogen) atoms. The molecule has 0 saturated carbocycles. The molecule has 2 aromatic carbocycles. The van der Waals surface area contributed by atoms with Crippen LogP contribution in [-0.4, -0.2) is 35.3 Å². The third-order valence-corrected chi connectivity index (χ3v) is 4.28. The first-order valence-electron chi connectivity index (χ1n) is 9.70. The van der Waals surface area contributed by atoms with Gasteiger partial charge in [0.2, 0.25) is 0 Å². The number of hydrogen-bond acceptors (Lipinski definition) is 6. The van der Waals surface area contributed by atoms with E-state index in [1.165, 1.54) is 49.6 Å². The number of carbonyl (C=O) groups excluding carboxylic acids is 2. The number of benzene rings is 2. The zero-order valence-corrected chi connectivity index (χ0v) is 17.4. The maximum Gasteiger partial charge on any atom is 0.290 e. The van der Waals surface area contributed by atoms with Crippen molar-refractivity contribution in [1.82, 2.24) is 20.6 Å². The van der Waals surface area contributed by atoms with Gasteiger partial charge in [0.15, 0.2) is 17.2 Å². The SMILES string of the molecule is CCCOc1ccc(C(=O)NNC(=O)c2ccc(=O)n(-c3ccc(F)cc3)n2)cc1OC. The molecule has 166 valence electrons. The highest BCUT2D eigenvalue weighted by atomic mass is 19.1. The highest BCUT2D eigenvalue weighted by Crippen LogP contribution is 2.28. The maximum absolute atomic E-state index is 13.1. The van der Waals surface area contributed by atoms with E-state index in [1.807, 2.05) is 6.92 Å². The first kappa shape index (κ1) is 22.5. The van der Waals surface area contributed by atoms with Crippen molar-refractivity contribution < 1.29 is 23.5 Å². The summed E-state index contributed by atoms with van der Waals surface area (Å²) < 4.78 is 24.9. The first-order valence-corrected chi connectivity index (χ1v) is 9.70. The Labute approximate surface area is 182 Å². The minimum atomic E-state index is -0.746. The van der Waals surface area contributed by atoms with Crippen molar-refractivity contribution >= 4 is 11.8 Å². The van der Waals surface area contributed by atoms with Crippen LogP contribution >= 0.6 is 0 Å². The largest absolute Gasteiger partial charge is 0.493 e. The molecule has 1 aromatic heterocycles. The van der Waals surface area contributed by atoms with Gasteiger partial charge >= 0.3 is 0 Å². The Hall–Kier alpha value is -4.21. The minimum Gasteiger partial charge on any atom is -0.493 e. The Morgan fingerprint density at radius 3 is 2.41 bits per heavy atom. The van der Waals surface area contributed by atoms with Gasteiger partial charge in [-0.05, 0) is 55.0 Å².